The van der Waals surface area contributed by atoms with Gasteiger partial charge in [0.2, 0.25) is 0 Å². The summed E-state index contributed by atoms with van der Waals surface area (Å²) in [4.78, 5) is 0. The number of hydrogen-bond donors (Lipinski definition) is 2. The van der Waals surface area contributed by atoms with Crippen LogP contribution in [0.4, 0.5) is 4.39 Å². The van der Waals surface area contributed by atoms with E-state index in [2.05, 4.69) is 10.6 Å². The monoisotopic (exact) mass is 150 g/mol. The van der Waals surface area contributed by atoms with Gasteiger partial charge in [0.25, 0.3) is 0 Å². The van der Waals surface area contributed by atoms with Gasteiger partial charge in [-0.3, -0.25) is 4.39 Å². The van der Waals surface area contributed by atoms with E-state index in [0.717, 1.165) is 0 Å². The highest BCUT2D eigenvalue weighted by atomic mass is 32.1. The zero-order valence-corrected chi connectivity index (χ0v) is 6.22. The van der Waals surface area contributed by atoms with Gasteiger partial charge in [-0.1, -0.05) is 0 Å². The molecule has 0 aliphatic rings. The summed E-state index contributed by atoms with van der Waals surface area (Å²) < 4.78 is 11.4. The lowest BCUT2D eigenvalue weighted by Gasteiger charge is -2.03. The molecule has 0 radical (unpaired) electrons. The van der Waals surface area contributed by atoms with Gasteiger partial charge < -0.3 is 10.6 Å². The lowest BCUT2D eigenvalue weighted by Crippen LogP contribution is -2.33. The summed E-state index contributed by atoms with van der Waals surface area (Å²) in [5.74, 6) is 0. The summed E-state index contributed by atoms with van der Waals surface area (Å²) in [7, 11) is 1.73. The van der Waals surface area contributed by atoms with E-state index in [1.54, 1.807) is 7.05 Å². The van der Waals surface area contributed by atoms with Crippen molar-refractivity contribution in [3.8, 4) is 0 Å². The molecule has 0 bridgehead atoms. The Morgan fingerprint density at radius 2 is 2.33 bits per heavy atom. The Balaban J connectivity index is 2.97. The molecule has 2 nitrogen and oxygen atoms in total. The highest BCUT2D eigenvalue weighted by Gasteiger charge is 1.87. The van der Waals surface area contributed by atoms with Gasteiger partial charge in [0, 0.05) is 13.6 Å². The zero-order valence-electron chi connectivity index (χ0n) is 5.41. The lowest BCUT2D eigenvalue weighted by atomic mass is 10.5. The molecular formula is C5H11FN2S. The first-order chi connectivity index (χ1) is 4.31. The molecule has 0 saturated carbocycles. The maximum Gasteiger partial charge on any atom is 0.166 e. The molecule has 0 heterocycles. The Morgan fingerprint density at radius 1 is 1.67 bits per heavy atom. The molecule has 0 fully saturated rings. The zero-order chi connectivity index (χ0) is 7.11. The molecule has 4 heteroatoms. The number of halogens is 1. The largest absolute Gasteiger partial charge is 0.366 e. The SMILES string of the molecule is CNC(=S)NCCCF. The molecule has 0 spiro atoms. The number of alkyl halides is 1. The fourth-order valence-electron chi connectivity index (χ4n) is 0.357. The Bertz CT molecular complexity index is 87.0. The van der Waals surface area contributed by atoms with Crippen molar-refractivity contribution in [2.45, 2.75) is 6.42 Å². The number of rotatable bonds is 3. The van der Waals surface area contributed by atoms with Crippen LogP contribution in [0.25, 0.3) is 0 Å². The summed E-state index contributed by atoms with van der Waals surface area (Å²) in [6.45, 7) is 0.315. The normalized spacial score (nSPS) is 8.67. The molecule has 0 amide bonds. The van der Waals surface area contributed by atoms with Gasteiger partial charge in [-0.05, 0) is 18.6 Å². The molecule has 0 aromatic rings. The van der Waals surface area contributed by atoms with Crippen molar-refractivity contribution in [1.29, 1.82) is 0 Å². The van der Waals surface area contributed by atoms with Crippen LogP contribution in [0, 0.1) is 0 Å². The highest BCUT2D eigenvalue weighted by Crippen LogP contribution is 1.75. The second-order valence-electron chi connectivity index (χ2n) is 1.55. The first kappa shape index (κ1) is 8.62. The van der Waals surface area contributed by atoms with E-state index in [0.29, 0.717) is 18.1 Å². The van der Waals surface area contributed by atoms with Crippen LogP contribution in [-0.4, -0.2) is 25.4 Å². The Labute approximate surface area is 59.8 Å². The van der Waals surface area contributed by atoms with Gasteiger partial charge >= 0.3 is 0 Å². The smallest absolute Gasteiger partial charge is 0.166 e. The van der Waals surface area contributed by atoms with Gasteiger partial charge in [0.05, 0.1) is 6.67 Å². The average Bonchev–Trinajstić information content (AvgIpc) is 1.89. The van der Waals surface area contributed by atoms with Crippen LogP contribution in [0.15, 0.2) is 0 Å². The van der Waals surface area contributed by atoms with E-state index < -0.39 is 0 Å². The predicted molar refractivity (Wildman–Crippen MR) is 40.3 cm³/mol. The molecule has 0 unspecified atom stereocenters. The molecule has 0 saturated heterocycles. The van der Waals surface area contributed by atoms with Gasteiger partial charge in [0.1, 0.15) is 0 Å². The minimum Gasteiger partial charge on any atom is -0.366 e. The Morgan fingerprint density at radius 3 is 2.78 bits per heavy atom. The van der Waals surface area contributed by atoms with E-state index in [9.17, 15) is 4.39 Å². The van der Waals surface area contributed by atoms with E-state index in [1.165, 1.54) is 0 Å². The number of thiocarbonyl (C=S) groups is 1. The molecule has 0 atom stereocenters. The minimum absolute atomic E-state index is 0.292. The fraction of sp³-hybridized carbons (Fsp3) is 0.800. The van der Waals surface area contributed by atoms with Crippen molar-refractivity contribution >= 4 is 17.3 Å². The molecule has 54 valence electrons. The molecule has 2 N–H and O–H groups in total. The third kappa shape index (κ3) is 5.49. The topological polar surface area (TPSA) is 24.1 Å². The molecular weight excluding hydrogens is 139 g/mol. The molecule has 0 aromatic heterocycles. The van der Waals surface area contributed by atoms with E-state index in [-0.39, 0.29) is 6.67 Å². The van der Waals surface area contributed by atoms with Gasteiger partial charge in [0.15, 0.2) is 5.11 Å². The third-order valence-corrected chi connectivity index (χ3v) is 1.17. The van der Waals surface area contributed by atoms with Crippen LogP contribution < -0.4 is 10.6 Å². The van der Waals surface area contributed by atoms with E-state index >= 15 is 0 Å². The molecule has 0 aromatic carbocycles. The van der Waals surface area contributed by atoms with Crippen LogP contribution >= 0.6 is 12.2 Å². The second-order valence-corrected chi connectivity index (χ2v) is 1.96. The van der Waals surface area contributed by atoms with Crippen molar-refractivity contribution in [3.05, 3.63) is 0 Å². The standard InChI is InChI=1S/C5H11FN2S/c1-7-5(9)8-4-2-3-6/h2-4H2,1H3,(H2,7,8,9). The first-order valence-electron chi connectivity index (χ1n) is 2.82. The third-order valence-electron chi connectivity index (χ3n) is 0.823. The predicted octanol–water partition coefficient (Wildman–Crippen LogP) is 0.440. The molecule has 9 heavy (non-hydrogen) atoms. The van der Waals surface area contributed by atoms with Crippen LogP contribution in [0.3, 0.4) is 0 Å². The molecule has 0 aliphatic heterocycles. The lowest BCUT2D eigenvalue weighted by molar-refractivity contribution is 0.471. The minimum atomic E-state index is -0.292. The quantitative estimate of drug-likeness (QED) is 0.451. The first-order valence-corrected chi connectivity index (χ1v) is 3.23. The van der Waals surface area contributed by atoms with Crippen molar-refractivity contribution in [1.82, 2.24) is 10.6 Å². The Hall–Kier alpha value is -0.380. The van der Waals surface area contributed by atoms with Crippen molar-refractivity contribution < 1.29 is 4.39 Å². The summed E-state index contributed by atoms with van der Waals surface area (Å²) >= 11 is 4.72. The van der Waals surface area contributed by atoms with Crippen LogP contribution in [-0.2, 0) is 0 Å². The number of hydrogen-bond acceptors (Lipinski definition) is 1. The maximum atomic E-state index is 11.4. The van der Waals surface area contributed by atoms with Crippen LogP contribution in [0.2, 0.25) is 0 Å². The van der Waals surface area contributed by atoms with Crippen LogP contribution in [0.1, 0.15) is 6.42 Å². The highest BCUT2D eigenvalue weighted by molar-refractivity contribution is 7.80. The molecule has 0 aliphatic carbocycles. The van der Waals surface area contributed by atoms with Gasteiger partial charge in [-0.25, -0.2) is 0 Å². The molecule has 0 rings (SSSR count). The summed E-state index contributed by atoms with van der Waals surface area (Å²) in [5.41, 5.74) is 0. The van der Waals surface area contributed by atoms with E-state index in [4.69, 9.17) is 12.2 Å². The van der Waals surface area contributed by atoms with Crippen molar-refractivity contribution in [2.75, 3.05) is 20.3 Å². The van der Waals surface area contributed by atoms with Crippen LogP contribution in [0.5, 0.6) is 0 Å². The second kappa shape index (κ2) is 5.75. The average molecular weight is 150 g/mol. The fourth-order valence-corrected chi connectivity index (χ4v) is 0.459. The number of nitrogens with one attached hydrogen (secondary N) is 2. The van der Waals surface area contributed by atoms with E-state index in [1.807, 2.05) is 0 Å². The summed E-state index contributed by atoms with van der Waals surface area (Å²) in [5, 5.41) is 6.11. The summed E-state index contributed by atoms with van der Waals surface area (Å²) in [6, 6.07) is 0. The van der Waals surface area contributed by atoms with Gasteiger partial charge in [-0.15, -0.1) is 0 Å². The summed E-state index contributed by atoms with van der Waals surface area (Å²) in [6.07, 6.45) is 0.516. The van der Waals surface area contributed by atoms with Gasteiger partial charge in [-0.2, -0.15) is 0 Å². The van der Waals surface area contributed by atoms with Crippen molar-refractivity contribution in [3.63, 3.8) is 0 Å². The Kier molecular flexibility index (Phi) is 5.51. The van der Waals surface area contributed by atoms with Crippen molar-refractivity contribution in [2.24, 2.45) is 0 Å². The maximum absolute atomic E-state index is 11.4.